The molecule has 1 saturated carbocycles. The normalized spacial score (nSPS) is 31.3. The number of methoxy groups -OCH3 is 1. The molecule has 3 rings (SSSR count). The molecular formula is C20H25NO5. The quantitative estimate of drug-likeness (QED) is 0.603. The Kier molecular flexibility index (Phi) is 5.14. The van der Waals surface area contributed by atoms with Crippen LogP contribution in [0.25, 0.3) is 0 Å². The Hall–Kier alpha value is -2.21. The van der Waals surface area contributed by atoms with E-state index in [-0.39, 0.29) is 11.7 Å². The van der Waals surface area contributed by atoms with Gasteiger partial charge in [-0.1, -0.05) is 37.3 Å². The Morgan fingerprint density at radius 1 is 1.27 bits per heavy atom. The van der Waals surface area contributed by atoms with Crippen LogP contribution in [0.4, 0.5) is 0 Å². The molecule has 0 spiro atoms. The van der Waals surface area contributed by atoms with Crippen LogP contribution in [-0.4, -0.2) is 48.9 Å². The first-order valence-electron chi connectivity index (χ1n) is 8.94. The van der Waals surface area contributed by atoms with Crippen molar-refractivity contribution in [3.63, 3.8) is 0 Å². The van der Waals surface area contributed by atoms with Crippen LogP contribution in [0, 0.1) is 17.3 Å². The number of hydrogen-bond acceptors (Lipinski definition) is 6. The van der Waals surface area contributed by atoms with Gasteiger partial charge in [0.15, 0.2) is 5.78 Å². The minimum absolute atomic E-state index is 0.154. The van der Waals surface area contributed by atoms with Crippen molar-refractivity contribution in [3.8, 4) is 0 Å². The summed E-state index contributed by atoms with van der Waals surface area (Å²) in [5.74, 6) is -1.81. The molecule has 2 bridgehead atoms. The molecule has 0 unspecified atom stereocenters. The van der Waals surface area contributed by atoms with Crippen molar-refractivity contribution in [2.24, 2.45) is 17.3 Å². The number of carbonyl (C=O) groups is 3. The largest absolute Gasteiger partial charge is 0.468 e. The van der Waals surface area contributed by atoms with Crippen molar-refractivity contribution in [3.05, 3.63) is 35.9 Å². The third-order valence-corrected chi connectivity index (χ3v) is 5.70. The van der Waals surface area contributed by atoms with E-state index >= 15 is 0 Å². The molecule has 1 aromatic carbocycles. The third-order valence-electron chi connectivity index (χ3n) is 5.70. The number of likely N-dealkylation sites (tertiary alicyclic amines) is 1. The summed E-state index contributed by atoms with van der Waals surface area (Å²) in [5, 5.41) is 0. The van der Waals surface area contributed by atoms with Gasteiger partial charge in [0, 0.05) is 26.6 Å². The van der Waals surface area contributed by atoms with Crippen molar-refractivity contribution in [2.45, 2.75) is 32.9 Å². The van der Waals surface area contributed by atoms with Crippen molar-refractivity contribution in [1.29, 1.82) is 0 Å². The SMILES string of the molecule is COC(=O)[C@@]12CN(Cc3ccccc3)C[C@@H](C1=O)[C@H](OC(C)=O)C[C@H]2C. The summed E-state index contributed by atoms with van der Waals surface area (Å²) < 4.78 is 10.5. The van der Waals surface area contributed by atoms with Crippen LogP contribution in [0.3, 0.4) is 0 Å². The molecular weight excluding hydrogens is 334 g/mol. The Bertz CT molecular complexity index is 703. The van der Waals surface area contributed by atoms with Gasteiger partial charge in [-0.05, 0) is 17.9 Å². The highest BCUT2D eigenvalue weighted by atomic mass is 16.5. The molecule has 6 nitrogen and oxygen atoms in total. The number of Topliss-reactive ketones (excluding diaryl/α,β-unsaturated/α-hetero) is 1. The molecule has 1 heterocycles. The van der Waals surface area contributed by atoms with Crippen LogP contribution in [-0.2, 0) is 30.4 Å². The lowest BCUT2D eigenvalue weighted by molar-refractivity contribution is -0.184. The van der Waals surface area contributed by atoms with E-state index in [1.54, 1.807) is 0 Å². The lowest BCUT2D eigenvalue weighted by Gasteiger charge is -2.51. The van der Waals surface area contributed by atoms with E-state index in [0.717, 1.165) is 5.56 Å². The van der Waals surface area contributed by atoms with E-state index in [0.29, 0.717) is 26.1 Å². The highest BCUT2D eigenvalue weighted by Gasteiger charge is 2.62. The molecule has 2 fully saturated rings. The number of esters is 2. The minimum Gasteiger partial charge on any atom is -0.468 e. The van der Waals surface area contributed by atoms with Gasteiger partial charge in [-0.25, -0.2) is 0 Å². The molecule has 4 atom stereocenters. The molecule has 1 aromatic rings. The number of carbonyl (C=O) groups excluding carboxylic acids is 3. The summed E-state index contributed by atoms with van der Waals surface area (Å²) in [6, 6.07) is 9.91. The molecule has 0 aromatic heterocycles. The van der Waals surface area contributed by atoms with Gasteiger partial charge in [0.2, 0.25) is 0 Å². The summed E-state index contributed by atoms with van der Waals surface area (Å²) in [7, 11) is 1.32. The number of nitrogens with zero attached hydrogens (tertiary/aromatic N) is 1. The number of piperidine rings is 1. The molecule has 1 aliphatic heterocycles. The van der Waals surface area contributed by atoms with Gasteiger partial charge in [-0.3, -0.25) is 19.3 Å². The predicted octanol–water partition coefficient (Wildman–Crippen LogP) is 1.82. The molecule has 0 radical (unpaired) electrons. The molecule has 26 heavy (non-hydrogen) atoms. The third kappa shape index (κ3) is 3.14. The first kappa shape index (κ1) is 18.6. The van der Waals surface area contributed by atoms with Gasteiger partial charge in [0.05, 0.1) is 13.0 Å². The summed E-state index contributed by atoms with van der Waals surface area (Å²) in [6.07, 6.45) is -0.00378. The van der Waals surface area contributed by atoms with Gasteiger partial charge in [0.1, 0.15) is 11.5 Å². The number of benzene rings is 1. The zero-order valence-electron chi connectivity index (χ0n) is 15.4. The fourth-order valence-electron chi connectivity index (χ4n) is 4.44. The molecule has 1 saturated heterocycles. The number of rotatable bonds is 4. The van der Waals surface area contributed by atoms with E-state index < -0.39 is 29.4 Å². The Balaban J connectivity index is 1.94. The van der Waals surface area contributed by atoms with Crippen LogP contribution in [0.15, 0.2) is 30.3 Å². The van der Waals surface area contributed by atoms with Crippen LogP contribution in [0.2, 0.25) is 0 Å². The van der Waals surface area contributed by atoms with Crippen molar-refractivity contribution in [1.82, 2.24) is 4.90 Å². The lowest BCUT2D eigenvalue weighted by atomic mass is 9.59. The second-order valence-corrected chi connectivity index (χ2v) is 7.37. The highest BCUT2D eigenvalue weighted by Crippen LogP contribution is 2.47. The fraction of sp³-hybridized carbons (Fsp3) is 0.550. The number of ketones is 1. The smallest absolute Gasteiger partial charge is 0.320 e. The maximum Gasteiger partial charge on any atom is 0.320 e. The first-order valence-corrected chi connectivity index (χ1v) is 8.94. The fourth-order valence-corrected chi connectivity index (χ4v) is 4.44. The Morgan fingerprint density at radius 2 is 1.96 bits per heavy atom. The Morgan fingerprint density at radius 3 is 2.58 bits per heavy atom. The van der Waals surface area contributed by atoms with Gasteiger partial charge in [-0.15, -0.1) is 0 Å². The average molecular weight is 359 g/mol. The molecule has 0 amide bonds. The van der Waals surface area contributed by atoms with Gasteiger partial charge < -0.3 is 9.47 Å². The molecule has 140 valence electrons. The van der Waals surface area contributed by atoms with Crippen LogP contribution >= 0.6 is 0 Å². The number of ether oxygens (including phenoxy) is 2. The lowest BCUT2D eigenvalue weighted by Crippen LogP contribution is -2.66. The van der Waals surface area contributed by atoms with Gasteiger partial charge in [0.25, 0.3) is 0 Å². The predicted molar refractivity (Wildman–Crippen MR) is 94.0 cm³/mol. The van der Waals surface area contributed by atoms with Crippen LogP contribution in [0.5, 0.6) is 0 Å². The highest BCUT2D eigenvalue weighted by molar-refractivity contribution is 6.07. The van der Waals surface area contributed by atoms with Crippen LogP contribution in [0.1, 0.15) is 25.8 Å². The zero-order valence-corrected chi connectivity index (χ0v) is 15.4. The van der Waals surface area contributed by atoms with Crippen LogP contribution < -0.4 is 0 Å². The van der Waals surface area contributed by atoms with Gasteiger partial charge in [-0.2, -0.15) is 0 Å². The van der Waals surface area contributed by atoms with E-state index in [1.165, 1.54) is 14.0 Å². The number of fused-ring (bicyclic) bond motifs is 2. The van der Waals surface area contributed by atoms with E-state index in [2.05, 4.69) is 4.90 Å². The summed E-state index contributed by atoms with van der Waals surface area (Å²) in [4.78, 5) is 39.5. The van der Waals surface area contributed by atoms with Crippen molar-refractivity contribution >= 4 is 17.7 Å². The summed E-state index contributed by atoms with van der Waals surface area (Å²) in [6.45, 7) is 4.65. The molecule has 0 N–H and O–H groups in total. The molecule has 6 heteroatoms. The first-order chi connectivity index (χ1) is 12.4. The maximum atomic E-state index is 13.2. The van der Waals surface area contributed by atoms with Crippen molar-refractivity contribution in [2.75, 3.05) is 20.2 Å². The Labute approximate surface area is 153 Å². The second-order valence-electron chi connectivity index (χ2n) is 7.37. The van der Waals surface area contributed by atoms with E-state index in [1.807, 2.05) is 37.3 Å². The van der Waals surface area contributed by atoms with Crippen molar-refractivity contribution < 1.29 is 23.9 Å². The summed E-state index contributed by atoms with van der Waals surface area (Å²) in [5.41, 5.74) is -0.0834. The monoisotopic (exact) mass is 359 g/mol. The molecule has 2 aliphatic rings. The van der Waals surface area contributed by atoms with Gasteiger partial charge >= 0.3 is 11.9 Å². The second kappa shape index (κ2) is 7.19. The molecule has 1 aliphatic carbocycles. The topological polar surface area (TPSA) is 72.9 Å². The number of hydrogen-bond donors (Lipinski definition) is 0. The average Bonchev–Trinajstić information content (AvgIpc) is 2.61. The standard InChI is InChI=1S/C20H25NO5/c1-13-9-17(26-14(2)22)16-11-21(10-15-7-5-4-6-8-15)12-20(13,18(16)23)19(24)25-3/h4-8,13,16-17H,9-12H2,1-3H3/t13-,16-,17-,20-/m1/s1. The van der Waals surface area contributed by atoms with E-state index in [9.17, 15) is 14.4 Å². The zero-order chi connectivity index (χ0) is 18.9. The maximum absolute atomic E-state index is 13.2. The van der Waals surface area contributed by atoms with E-state index in [4.69, 9.17) is 9.47 Å². The minimum atomic E-state index is -1.19. The summed E-state index contributed by atoms with van der Waals surface area (Å²) >= 11 is 0.